The van der Waals surface area contributed by atoms with Crippen LogP contribution in [0.4, 0.5) is 0 Å². The van der Waals surface area contributed by atoms with Gasteiger partial charge in [-0.2, -0.15) is 13.7 Å². The lowest BCUT2D eigenvalue weighted by atomic mass is 9.85. The van der Waals surface area contributed by atoms with E-state index in [1.165, 1.54) is 0 Å². The van der Waals surface area contributed by atoms with Crippen molar-refractivity contribution in [2.75, 3.05) is 19.8 Å². The minimum absolute atomic E-state index is 0.405. The van der Waals surface area contributed by atoms with E-state index in [2.05, 4.69) is 16.0 Å². The molecule has 1 fully saturated rings. The molecular weight excluding hydrogens is 354 g/mol. The van der Waals surface area contributed by atoms with Gasteiger partial charge in [0.2, 0.25) is 0 Å². The van der Waals surface area contributed by atoms with Crippen LogP contribution in [0, 0.1) is 11.3 Å². The highest BCUT2D eigenvalue weighted by Crippen LogP contribution is 2.46. The van der Waals surface area contributed by atoms with E-state index in [1.54, 1.807) is 25.2 Å². The van der Waals surface area contributed by atoms with Crippen LogP contribution in [0.2, 0.25) is 0 Å². The van der Waals surface area contributed by atoms with Crippen molar-refractivity contribution in [2.45, 2.75) is 44.4 Å². The number of benzene rings is 1. The number of likely N-dealkylation sites (tertiary alicyclic amines) is 1. The SMILES string of the molecule is CN=C1CCCN1[C@@H]1c2cc(C#N)ccc2OC(C)(C)[C@H]1OS(C)(=O)=O. The molecule has 0 aromatic heterocycles. The zero-order valence-electron chi connectivity index (χ0n) is 15.4. The molecule has 3 rings (SSSR count). The lowest BCUT2D eigenvalue weighted by molar-refractivity contribution is -0.0628. The third-order valence-electron chi connectivity index (χ3n) is 4.81. The summed E-state index contributed by atoms with van der Waals surface area (Å²) in [5.74, 6) is 1.54. The Morgan fingerprint density at radius 3 is 2.77 bits per heavy atom. The van der Waals surface area contributed by atoms with E-state index in [9.17, 15) is 13.7 Å². The first kappa shape index (κ1) is 18.7. The van der Waals surface area contributed by atoms with E-state index in [0.717, 1.165) is 37.0 Å². The average Bonchev–Trinajstić information content (AvgIpc) is 3.02. The average molecular weight is 377 g/mol. The van der Waals surface area contributed by atoms with Crippen LogP contribution in [0.1, 0.15) is 43.9 Å². The Bertz CT molecular complexity index is 886. The monoisotopic (exact) mass is 377 g/mol. The number of rotatable bonds is 3. The molecule has 0 amide bonds. The van der Waals surface area contributed by atoms with Crippen molar-refractivity contribution in [3.63, 3.8) is 0 Å². The third-order valence-corrected chi connectivity index (χ3v) is 5.36. The van der Waals surface area contributed by atoms with Crippen LogP contribution >= 0.6 is 0 Å². The number of hydrogen-bond acceptors (Lipinski definition) is 6. The van der Waals surface area contributed by atoms with Crippen molar-refractivity contribution in [2.24, 2.45) is 4.99 Å². The lowest BCUT2D eigenvalue weighted by Crippen LogP contribution is -2.55. The van der Waals surface area contributed by atoms with Gasteiger partial charge in [-0.05, 0) is 38.5 Å². The summed E-state index contributed by atoms with van der Waals surface area (Å²) in [6, 6.07) is 6.94. The minimum atomic E-state index is -3.71. The third kappa shape index (κ3) is 3.41. The molecule has 2 aliphatic rings. The number of nitriles is 1. The second-order valence-corrected chi connectivity index (χ2v) is 8.77. The summed E-state index contributed by atoms with van der Waals surface area (Å²) in [5, 5.41) is 9.29. The molecule has 26 heavy (non-hydrogen) atoms. The Morgan fingerprint density at radius 1 is 1.42 bits per heavy atom. The van der Waals surface area contributed by atoms with Crippen molar-refractivity contribution in [1.29, 1.82) is 5.26 Å². The standard InChI is InChI=1S/C18H23N3O4S/c1-18(2)17(25-26(4,22)23)16(21-9-5-6-15(21)20-3)13-10-12(11-19)7-8-14(13)24-18/h7-8,10,16-17H,5-6,9H2,1-4H3/t16-,17+/m1/s1. The van der Waals surface area contributed by atoms with Gasteiger partial charge in [0.25, 0.3) is 10.1 Å². The molecule has 0 N–H and O–H groups in total. The van der Waals surface area contributed by atoms with Crippen LogP contribution in [-0.4, -0.2) is 50.7 Å². The lowest BCUT2D eigenvalue weighted by Gasteiger charge is -2.47. The minimum Gasteiger partial charge on any atom is -0.485 e. The van der Waals surface area contributed by atoms with Crippen LogP contribution in [-0.2, 0) is 14.3 Å². The molecule has 2 atom stereocenters. The fourth-order valence-corrected chi connectivity index (χ4v) is 4.45. The molecule has 0 unspecified atom stereocenters. The molecule has 0 bridgehead atoms. The predicted octanol–water partition coefficient (Wildman–Crippen LogP) is 2.24. The largest absolute Gasteiger partial charge is 0.485 e. The molecule has 140 valence electrons. The molecule has 0 radical (unpaired) electrons. The molecule has 7 nitrogen and oxygen atoms in total. The van der Waals surface area contributed by atoms with E-state index >= 15 is 0 Å². The first-order valence-corrected chi connectivity index (χ1v) is 10.3. The van der Waals surface area contributed by atoms with E-state index < -0.39 is 27.9 Å². The van der Waals surface area contributed by atoms with Crippen LogP contribution in [0.5, 0.6) is 5.75 Å². The van der Waals surface area contributed by atoms with Gasteiger partial charge in [0, 0.05) is 25.6 Å². The van der Waals surface area contributed by atoms with Crippen molar-refractivity contribution < 1.29 is 17.3 Å². The number of fused-ring (bicyclic) bond motifs is 1. The summed E-state index contributed by atoms with van der Waals surface area (Å²) in [7, 11) is -1.98. The summed E-state index contributed by atoms with van der Waals surface area (Å²) in [6.45, 7) is 4.37. The van der Waals surface area contributed by atoms with Gasteiger partial charge in [0.1, 0.15) is 17.5 Å². The zero-order chi connectivity index (χ0) is 19.1. The Balaban J connectivity index is 2.19. The van der Waals surface area contributed by atoms with Crippen LogP contribution < -0.4 is 4.74 Å². The molecule has 1 aromatic carbocycles. The molecule has 0 aliphatic carbocycles. The van der Waals surface area contributed by atoms with E-state index in [0.29, 0.717) is 11.3 Å². The van der Waals surface area contributed by atoms with E-state index in [1.807, 2.05) is 13.8 Å². The van der Waals surface area contributed by atoms with Crippen LogP contribution in [0.3, 0.4) is 0 Å². The number of nitrogens with zero attached hydrogens (tertiary/aromatic N) is 3. The second-order valence-electron chi connectivity index (χ2n) is 7.17. The fourth-order valence-electron chi connectivity index (χ4n) is 3.74. The van der Waals surface area contributed by atoms with Gasteiger partial charge in [0.15, 0.2) is 0 Å². The first-order chi connectivity index (χ1) is 12.2. The van der Waals surface area contributed by atoms with Gasteiger partial charge in [0.05, 0.1) is 29.8 Å². The number of ether oxygens (including phenoxy) is 1. The van der Waals surface area contributed by atoms with E-state index in [4.69, 9.17) is 8.92 Å². The van der Waals surface area contributed by atoms with Gasteiger partial charge in [-0.1, -0.05) is 0 Å². The molecule has 1 aromatic rings. The molecule has 8 heteroatoms. The normalized spacial score (nSPS) is 26.3. The highest BCUT2D eigenvalue weighted by atomic mass is 32.2. The molecule has 1 saturated heterocycles. The summed E-state index contributed by atoms with van der Waals surface area (Å²) in [6.07, 6.45) is 2.03. The Morgan fingerprint density at radius 2 is 2.15 bits per heavy atom. The van der Waals surface area contributed by atoms with Crippen molar-refractivity contribution >= 4 is 16.0 Å². The van der Waals surface area contributed by atoms with Crippen molar-refractivity contribution in [3.8, 4) is 11.8 Å². The van der Waals surface area contributed by atoms with Crippen LogP contribution in [0.15, 0.2) is 23.2 Å². The first-order valence-electron chi connectivity index (χ1n) is 8.50. The van der Waals surface area contributed by atoms with Crippen molar-refractivity contribution in [1.82, 2.24) is 4.90 Å². The summed E-state index contributed by atoms with van der Waals surface area (Å²) in [4.78, 5) is 6.45. The Kier molecular flexibility index (Phi) is 4.71. The zero-order valence-corrected chi connectivity index (χ0v) is 16.2. The fraction of sp³-hybridized carbons (Fsp3) is 0.556. The van der Waals surface area contributed by atoms with Crippen LogP contribution in [0.25, 0.3) is 0 Å². The maximum atomic E-state index is 12.0. The number of amidine groups is 1. The maximum Gasteiger partial charge on any atom is 0.264 e. The molecule has 2 aliphatic heterocycles. The summed E-state index contributed by atoms with van der Waals surface area (Å²) >= 11 is 0. The molecular formula is C18H23N3O4S. The smallest absolute Gasteiger partial charge is 0.264 e. The Labute approximate surface area is 154 Å². The topological polar surface area (TPSA) is 92.0 Å². The predicted molar refractivity (Wildman–Crippen MR) is 97.6 cm³/mol. The summed E-state index contributed by atoms with van der Waals surface area (Å²) in [5.41, 5.74) is 0.362. The van der Waals surface area contributed by atoms with Gasteiger partial charge >= 0.3 is 0 Å². The summed E-state index contributed by atoms with van der Waals surface area (Å²) < 4.78 is 35.5. The highest BCUT2D eigenvalue weighted by molar-refractivity contribution is 7.86. The second kappa shape index (κ2) is 6.56. The number of aliphatic imine (C=N–C) groups is 1. The quantitative estimate of drug-likeness (QED) is 0.750. The number of hydrogen-bond donors (Lipinski definition) is 0. The van der Waals surface area contributed by atoms with E-state index in [-0.39, 0.29) is 0 Å². The van der Waals surface area contributed by atoms with Gasteiger partial charge < -0.3 is 9.64 Å². The Hall–Kier alpha value is -2.11. The highest BCUT2D eigenvalue weighted by Gasteiger charge is 2.50. The van der Waals surface area contributed by atoms with Gasteiger partial charge in [-0.25, -0.2) is 0 Å². The molecule has 0 saturated carbocycles. The molecule has 0 spiro atoms. The molecule has 2 heterocycles. The van der Waals surface area contributed by atoms with Gasteiger partial charge in [-0.3, -0.25) is 9.18 Å². The van der Waals surface area contributed by atoms with Crippen molar-refractivity contribution in [3.05, 3.63) is 29.3 Å². The van der Waals surface area contributed by atoms with Gasteiger partial charge in [-0.15, -0.1) is 0 Å². The maximum absolute atomic E-state index is 12.0.